The number of carbonyl (C=O) groups is 2. The lowest BCUT2D eigenvalue weighted by molar-refractivity contribution is 0.0488. The third kappa shape index (κ3) is 13.2. The van der Waals surface area contributed by atoms with Crippen LogP contribution in [0.3, 0.4) is 0 Å². The van der Waals surface area contributed by atoms with Crippen molar-refractivity contribution >= 4 is 11.9 Å². The quantitative estimate of drug-likeness (QED) is 0.120. The Bertz CT molecular complexity index is 856. The van der Waals surface area contributed by atoms with Crippen molar-refractivity contribution in [3.63, 3.8) is 0 Å². The zero-order valence-electron chi connectivity index (χ0n) is 23.7. The first-order valence-electron chi connectivity index (χ1n) is 14.9. The van der Waals surface area contributed by atoms with Crippen molar-refractivity contribution in [3.05, 3.63) is 47.8 Å². The summed E-state index contributed by atoms with van der Waals surface area (Å²) in [6.07, 6.45) is 22.3. The van der Waals surface area contributed by atoms with E-state index in [9.17, 15) is 9.59 Å². The highest BCUT2D eigenvalue weighted by molar-refractivity contribution is 5.92. The summed E-state index contributed by atoms with van der Waals surface area (Å²) in [7, 11) is 0. The van der Waals surface area contributed by atoms with E-state index in [2.05, 4.69) is 23.8 Å². The first kappa shape index (κ1) is 31.5. The van der Waals surface area contributed by atoms with Gasteiger partial charge in [0.2, 0.25) is 0 Å². The molecule has 0 fully saturated rings. The Morgan fingerprint density at radius 1 is 0.553 bits per heavy atom. The molecule has 0 atom stereocenters. The first-order valence-corrected chi connectivity index (χ1v) is 14.9. The van der Waals surface area contributed by atoms with E-state index in [1.165, 1.54) is 77.0 Å². The summed E-state index contributed by atoms with van der Waals surface area (Å²) in [5.74, 6) is -0.727. The standard InChI is InChI=1S/C32H48N2O4/c1-3-5-7-9-11-13-15-17-23-37-31(35)27-19-21-33-29(25-27)30-26-28(20-22-34-30)32(36)38-24-18-16-14-12-10-8-6-4-2/h19-22,25-26H,3-18,23-24H2,1-2H3. The van der Waals surface area contributed by atoms with Gasteiger partial charge in [0.1, 0.15) is 0 Å². The van der Waals surface area contributed by atoms with Crippen LogP contribution >= 0.6 is 0 Å². The highest BCUT2D eigenvalue weighted by Crippen LogP contribution is 2.18. The third-order valence-corrected chi connectivity index (χ3v) is 6.72. The molecule has 2 aromatic rings. The molecule has 2 heterocycles. The molecule has 0 spiro atoms. The second-order valence-corrected chi connectivity index (χ2v) is 10.1. The van der Waals surface area contributed by atoms with Crippen molar-refractivity contribution in [1.29, 1.82) is 0 Å². The predicted molar refractivity (Wildman–Crippen MR) is 153 cm³/mol. The van der Waals surface area contributed by atoms with E-state index in [0.29, 0.717) is 35.7 Å². The number of hydrogen-bond donors (Lipinski definition) is 0. The van der Waals surface area contributed by atoms with Crippen molar-refractivity contribution in [2.75, 3.05) is 13.2 Å². The van der Waals surface area contributed by atoms with Crippen molar-refractivity contribution < 1.29 is 19.1 Å². The number of unbranched alkanes of at least 4 members (excludes halogenated alkanes) is 14. The summed E-state index contributed by atoms with van der Waals surface area (Å²) >= 11 is 0. The Kier molecular flexibility index (Phi) is 16.8. The summed E-state index contributed by atoms with van der Waals surface area (Å²) in [4.78, 5) is 33.7. The summed E-state index contributed by atoms with van der Waals surface area (Å²) in [5.41, 5.74) is 1.89. The Labute approximate surface area is 230 Å². The molecule has 0 bridgehead atoms. The Hall–Kier alpha value is -2.76. The van der Waals surface area contributed by atoms with E-state index in [-0.39, 0.29) is 11.9 Å². The SMILES string of the molecule is CCCCCCCCCCOC(=O)c1ccnc(-c2cc(C(=O)OCCCCCCCCCC)ccn2)c1. The fraction of sp³-hybridized carbons (Fsp3) is 0.625. The number of rotatable bonds is 21. The van der Waals surface area contributed by atoms with E-state index < -0.39 is 0 Å². The average Bonchev–Trinajstić information content (AvgIpc) is 2.95. The maximum Gasteiger partial charge on any atom is 0.338 e. The third-order valence-electron chi connectivity index (χ3n) is 6.72. The van der Waals surface area contributed by atoms with Crippen LogP contribution in [-0.2, 0) is 9.47 Å². The number of nitrogens with zero attached hydrogens (tertiary/aromatic N) is 2. The lowest BCUT2D eigenvalue weighted by Gasteiger charge is -2.08. The Balaban J connectivity index is 1.74. The molecule has 0 aromatic carbocycles. The Morgan fingerprint density at radius 3 is 1.26 bits per heavy atom. The van der Waals surface area contributed by atoms with Gasteiger partial charge in [0.15, 0.2) is 0 Å². The number of ether oxygens (including phenoxy) is 2. The van der Waals surface area contributed by atoms with Crippen LogP contribution in [0.1, 0.15) is 137 Å². The first-order chi connectivity index (χ1) is 18.7. The smallest absolute Gasteiger partial charge is 0.338 e. The molecule has 38 heavy (non-hydrogen) atoms. The average molecular weight is 525 g/mol. The summed E-state index contributed by atoms with van der Waals surface area (Å²) in [6.45, 7) is 5.29. The Morgan fingerprint density at radius 2 is 0.895 bits per heavy atom. The van der Waals surface area contributed by atoms with Crippen LogP contribution in [0.15, 0.2) is 36.7 Å². The molecule has 0 aliphatic heterocycles. The number of aromatic nitrogens is 2. The molecule has 0 radical (unpaired) electrons. The van der Waals surface area contributed by atoms with Gasteiger partial charge in [-0.15, -0.1) is 0 Å². The van der Waals surface area contributed by atoms with Crippen molar-refractivity contribution in [1.82, 2.24) is 9.97 Å². The molecule has 0 aliphatic carbocycles. The largest absolute Gasteiger partial charge is 0.462 e. The molecule has 2 rings (SSSR count). The van der Waals surface area contributed by atoms with Gasteiger partial charge in [0, 0.05) is 12.4 Å². The van der Waals surface area contributed by atoms with E-state index >= 15 is 0 Å². The van der Waals surface area contributed by atoms with Crippen molar-refractivity contribution in [2.45, 2.75) is 117 Å². The summed E-state index contributed by atoms with van der Waals surface area (Å²) < 4.78 is 10.9. The lowest BCUT2D eigenvalue weighted by atomic mass is 10.1. The van der Waals surface area contributed by atoms with Crippen LogP contribution in [0.25, 0.3) is 11.4 Å². The minimum atomic E-state index is -0.363. The molecular weight excluding hydrogens is 476 g/mol. The van der Waals surface area contributed by atoms with Gasteiger partial charge in [0.25, 0.3) is 0 Å². The molecule has 0 saturated heterocycles. The summed E-state index contributed by atoms with van der Waals surface area (Å²) in [6, 6.07) is 6.60. The van der Waals surface area contributed by atoms with E-state index in [1.54, 1.807) is 36.7 Å². The molecule has 6 nitrogen and oxygen atoms in total. The van der Waals surface area contributed by atoms with E-state index in [0.717, 1.165) is 25.7 Å². The second kappa shape index (κ2) is 20.2. The molecule has 0 aliphatic rings. The molecule has 0 unspecified atom stereocenters. The molecule has 0 N–H and O–H groups in total. The van der Waals surface area contributed by atoms with Crippen molar-refractivity contribution in [2.24, 2.45) is 0 Å². The predicted octanol–water partition coefficient (Wildman–Crippen LogP) is 8.74. The number of hydrogen-bond acceptors (Lipinski definition) is 6. The minimum absolute atomic E-state index is 0.363. The van der Waals surface area contributed by atoms with Crippen LogP contribution in [-0.4, -0.2) is 35.1 Å². The van der Waals surface area contributed by atoms with Gasteiger partial charge in [-0.3, -0.25) is 9.97 Å². The van der Waals surface area contributed by atoms with Gasteiger partial charge in [-0.05, 0) is 37.1 Å². The monoisotopic (exact) mass is 524 g/mol. The highest BCUT2D eigenvalue weighted by Gasteiger charge is 2.13. The maximum absolute atomic E-state index is 12.5. The zero-order valence-corrected chi connectivity index (χ0v) is 23.7. The summed E-state index contributed by atoms with van der Waals surface area (Å²) in [5, 5.41) is 0. The molecular formula is C32H48N2O4. The van der Waals surface area contributed by atoms with Crippen LogP contribution in [0.5, 0.6) is 0 Å². The topological polar surface area (TPSA) is 78.4 Å². The molecule has 2 aromatic heterocycles. The van der Waals surface area contributed by atoms with Gasteiger partial charge < -0.3 is 9.47 Å². The fourth-order valence-corrected chi connectivity index (χ4v) is 4.36. The van der Waals surface area contributed by atoms with Gasteiger partial charge in [-0.2, -0.15) is 0 Å². The second-order valence-electron chi connectivity index (χ2n) is 10.1. The molecule has 6 heteroatoms. The zero-order chi connectivity index (χ0) is 27.3. The highest BCUT2D eigenvalue weighted by atomic mass is 16.5. The van der Waals surface area contributed by atoms with E-state index in [1.807, 2.05) is 0 Å². The van der Waals surface area contributed by atoms with Crippen molar-refractivity contribution in [3.8, 4) is 11.4 Å². The van der Waals surface area contributed by atoms with Crippen LogP contribution in [0.4, 0.5) is 0 Å². The van der Waals surface area contributed by atoms with Gasteiger partial charge >= 0.3 is 11.9 Å². The van der Waals surface area contributed by atoms with E-state index in [4.69, 9.17) is 9.47 Å². The normalized spacial score (nSPS) is 10.9. The van der Waals surface area contributed by atoms with Crippen LogP contribution < -0.4 is 0 Å². The molecule has 0 amide bonds. The number of carbonyl (C=O) groups excluding carboxylic acids is 2. The molecule has 0 saturated carbocycles. The maximum atomic E-state index is 12.5. The van der Waals surface area contributed by atoms with Gasteiger partial charge in [0.05, 0.1) is 35.7 Å². The van der Waals surface area contributed by atoms with Crippen LogP contribution in [0.2, 0.25) is 0 Å². The van der Waals surface area contributed by atoms with Gasteiger partial charge in [-0.25, -0.2) is 9.59 Å². The minimum Gasteiger partial charge on any atom is -0.462 e. The number of pyridine rings is 2. The molecule has 210 valence electrons. The van der Waals surface area contributed by atoms with Gasteiger partial charge in [-0.1, -0.05) is 104 Å². The lowest BCUT2D eigenvalue weighted by Crippen LogP contribution is -2.08. The fourth-order valence-electron chi connectivity index (χ4n) is 4.36. The van der Waals surface area contributed by atoms with Crippen LogP contribution in [0, 0.1) is 0 Å². The number of esters is 2.